The summed E-state index contributed by atoms with van der Waals surface area (Å²) in [5, 5.41) is 8.70. The molecule has 0 aliphatic heterocycles. The van der Waals surface area contributed by atoms with Gasteiger partial charge < -0.3 is 15.0 Å². The number of rotatable bonds is 5. The number of aliphatic hydroxyl groups excluding tert-OH is 1. The maximum Gasteiger partial charge on any atom is 0.326 e. The highest BCUT2D eigenvalue weighted by atomic mass is 16.3. The summed E-state index contributed by atoms with van der Waals surface area (Å²) in [6.45, 7) is 2.57. The molecular weight excluding hydrogens is 226 g/mol. The molecule has 0 spiro atoms. The average Bonchev–Trinajstić information content (AvgIpc) is 2.28. The van der Waals surface area contributed by atoms with Crippen molar-refractivity contribution < 1.29 is 9.90 Å². The van der Waals surface area contributed by atoms with Gasteiger partial charge in [0.25, 0.3) is 11.5 Å². The van der Waals surface area contributed by atoms with Crippen molar-refractivity contribution in [3.05, 3.63) is 32.6 Å². The van der Waals surface area contributed by atoms with E-state index in [0.29, 0.717) is 19.5 Å². The predicted octanol–water partition coefficient (Wildman–Crippen LogP) is -1.09. The molecule has 94 valence electrons. The van der Waals surface area contributed by atoms with Crippen LogP contribution in [0.4, 0.5) is 0 Å². The molecule has 0 fully saturated rings. The average molecular weight is 241 g/mol. The molecule has 0 saturated carbocycles. The van der Waals surface area contributed by atoms with Crippen molar-refractivity contribution >= 4 is 5.91 Å². The molecule has 1 aromatic rings. The monoisotopic (exact) mass is 241 g/mol. The Labute approximate surface area is 97.1 Å². The fraction of sp³-hybridized carbons (Fsp3) is 0.500. The molecule has 0 bridgehead atoms. The number of hydrogen-bond acceptors (Lipinski definition) is 4. The summed E-state index contributed by atoms with van der Waals surface area (Å²) in [6, 6.07) is 1.05. The number of aromatic nitrogens is 2. The first kappa shape index (κ1) is 13.2. The smallest absolute Gasteiger partial charge is 0.326 e. The fourth-order valence-electron chi connectivity index (χ4n) is 1.42. The van der Waals surface area contributed by atoms with Crippen LogP contribution >= 0.6 is 0 Å². The van der Waals surface area contributed by atoms with Gasteiger partial charge in [0.1, 0.15) is 5.69 Å². The van der Waals surface area contributed by atoms with Crippen molar-refractivity contribution in [3.8, 4) is 0 Å². The largest absolute Gasteiger partial charge is 0.396 e. The van der Waals surface area contributed by atoms with E-state index in [1.54, 1.807) is 6.92 Å². The Morgan fingerprint density at radius 1 is 1.41 bits per heavy atom. The third-order valence-corrected chi connectivity index (χ3v) is 2.25. The highest BCUT2D eigenvalue weighted by Gasteiger charge is 2.15. The molecule has 1 heterocycles. The molecule has 0 aromatic carbocycles. The Morgan fingerprint density at radius 2 is 2.12 bits per heavy atom. The molecule has 1 rings (SSSR count). The van der Waals surface area contributed by atoms with Crippen LogP contribution in [0.3, 0.4) is 0 Å². The number of aliphatic hydroxyl groups is 1. The van der Waals surface area contributed by atoms with Crippen LogP contribution in [0.5, 0.6) is 0 Å². The number of carbonyl (C=O) groups excluding carboxylic acids is 1. The molecule has 3 N–H and O–H groups in total. The van der Waals surface area contributed by atoms with Gasteiger partial charge in [-0.15, -0.1) is 0 Å². The normalized spacial score (nSPS) is 10.2. The van der Waals surface area contributed by atoms with E-state index < -0.39 is 17.2 Å². The number of H-pyrrole nitrogens is 2. The van der Waals surface area contributed by atoms with E-state index in [0.717, 1.165) is 6.07 Å². The van der Waals surface area contributed by atoms with Crippen molar-refractivity contribution in [2.24, 2.45) is 0 Å². The van der Waals surface area contributed by atoms with Gasteiger partial charge in [-0.05, 0) is 13.3 Å². The fourth-order valence-corrected chi connectivity index (χ4v) is 1.42. The van der Waals surface area contributed by atoms with Crippen LogP contribution in [0, 0.1) is 0 Å². The van der Waals surface area contributed by atoms with Crippen molar-refractivity contribution in [2.75, 3.05) is 19.7 Å². The van der Waals surface area contributed by atoms with Gasteiger partial charge in [-0.2, -0.15) is 0 Å². The summed E-state index contributed by atoms with van der Waals surface area (Å²) in [4.78, 5) is 39.7. The molecule has 7 heteroatoms. The summed E-state index contributed by atoms with van der Waals surface area (Å²) in [7, 11) is 0. The highest BCUT2D eigenvalue weighted by Crippen LogP contribution is 1.99. The molecule has 1 aromatic heterocycles. The van der Waals surface area contributed by atoms with Crippen LogP contribution in [0.15, 0.2) is 15.7 Å². The molecule has 0 saturated heterocycles. The van der Waals surface area contributed by atoms with Gasteiger partial charge in [-0.25, -0.2) is 4.79 Å². The van der Waals surface area contributed by atoms with Gasteiger partial charge in [0.15, 0.2) is 0 Å². The lowest BCUT2D eigenvalue weighted by molar-refractivity contribution is 0.0747. The highest BCUT2D eigenvalue weighted by molar-refractivity contribution is 5.92. The van der Waals surface area contributed by atoms with E-state index in [9.17, 15) is 14.4 Å². The molecule has 7 nitrogen and oxygen atoms in total. The van der Waals surface area contributed by atoms with Crippen molar-refractivity contribution in [2.45, 2.75) is 13.3 Å². The molecule has 17 heavy (non-hydrogen) atoms. The van der Waals surface area contributed by atoms with Crippen molar-refractivity contribution in [1.82, 2.24) is 14.9 Å². The summed E-state index contributed by atoms with van der Waals surface area (Å²) in [5.74, 6) is -0.427. The molecule has 0 unspecified atom stereocenters. The van der Waals surface area contributed by atoms with Crippen molar-refractivity contribution in [1.29, 1.82) is 0 Å². The van der Waals surface area contributed by atoms with Crippen molar-refractivity contribution in [3.63, 3.8) is 0 Å². The molecule has 0 radical (unpaired) electrons. The zero-order chi connectivity index (χ0) is 12.8. The van der Waals surface area contributed by atoms with Crippen LogP contribution in [-0.4, -0.2) is 45.6 Å². The third kappa shape index (κ3) is 3.56. The zero-order valence-corrected chi connectivity index (χ0v) is 9.52. The Hall–Kier alpha value is -1.89. The topological polar surface area (TPSA) is 106 Å². The van der Waals surface area contributed by atoms with Gasteiger partial charge >= 0.3 is 5.69 Å². The third-order valence-electron chi connectivity index (χ3n) is 2.25. The molecular formula is C10H15N3O4. The predicted molar refractivity (Wildman–Crippen MR) is 61.0 cm³/mol. The molecule has 1 amide bonds. The van der Waals surface area contributed by atoms with Crippen LogP contribution in [-0.2, 0) is 0 Å². The maximum absolute atomic E-state index is 11.9. The second-order valence-electron chi connectivity index (χ2n) is 3.46. The van der Waals surface area contributed by atoms with E-state index in [1.807, 2.05) is 4.98 Å². The maximum atomic E-state index is 11.9. The lowest BCUT2D eigenvalue weighted by Crippen LogP contribution is -2.35. The Bertz CT molecular complexity index is 463. The number of carbonyl (C=O) groups is 1. The SMILES string of the molecule is CCN(CCCO)C(=O)c1cc(=O)[nH]c(=O)[nH]1. The lowest BCUT2D eigenvalue weighted by Gasteiger charge is -2.19. The first-order valence-electron chi connectivity index (χ1n) is 5.32. The standard InChI is InChI=1S/C10H15N3O4/c1-2-13(4-3-5-14)9(16)7-6-8(15)12-10(17)11-7/h6,14H,2-5H2,1H3,(H2,11,12,15,17). The van der Waals surface area contributed by atoms with E-state index in [2.05, 4.69) is 4.98 Å². The van der Waals surface area contributed by atoms with Gasteiger partial charge in [0.2, 0.25) is 0 Å². The first-order valence-corrected chi connectivity index (χ1v) is 5.32. The summed E-state index contributed by atoms with van der Waals surface area (Å²) in [6.07, 6.45) is 0.451. The second kappa shape index (κ2) is 6.00. The minimum absolute atomic E-state index is 0.0182. The van der Waals surface area contributed by atoms with Gasteiger partial charge in [0.05, 0.1) is 0 Å². The van der Waals surface area contributed by atoms with Gasteiger partial charge in [0, 0.05) is 25.8 Å². The summed E-state index contributed by atoms with van der Waals surface area (Å²) >= 11 is 0. The zero-order valence-electron chi connectivity index (χ0n) is 9.52. The van der Waals surface area contributed by atoms with Gasteiger partial charge in [-0.3, -0.25) is 14.6 Å². The molecule has 0 atom stereocenters. The molecule has 0 aliphatic carbocycles. The number of hydrogen-bond donors (Lipinski definition) is 3. The lowest BCUT2D eigenvalue weighted by atomic mass is 10.3. The van der Waals surface area contributed by atoms with Crippen LogP contribution in [0.1, 0.15) is 23.8 Å². The number of amides is 1. The van der Waals surface area contributed by atoms with Crippen LogP contribution < -0.4 is 11.2 Å². The van der Waals surface area contributed by atoms with Gasteiger partial charge in [-0.1, -0.05) is 0 Å². The quantitative estimate of drug-likeness (QED) is 0.608. The number of nitrogens with zero attached hydrogens (tertiary/aromatic N) is 1. The number of aromatic amines is 2. The van der Waals surface area contributed by atoms with E-state index in [4.69, 9.17) is 5.11 Å². The van der Waals surface area contributed by atoms with E-state index in [-0.39, 0.29) is 12.3 Å². The second-order valence-corrected chi connectivity index (χ2v) is 3.46. The summed E-state index contributed by atoms with van der Waals surface area (Å²) in [5.41, 5.74) is -1.37. The Morgan fingerprint density at radius 3 is 2.65 bits per heavy atom. The summed E-state index contributed by atoms with van der Waals surface area (Å²) < 4.78 is 0. The van der Waals surface area contributed by atoms with E-state index in [1.165, 1.54) is 4.90 Å². The minimum atomic E-state index is -0.709. The number of nitrogens with one attached hydrogen (secondary N) is 2. The first-order chi connectivity index (χ1) is 8.08. The Balaban J connectivity index is 2.93. The minimum Gasteiger partial charge on any atom is -0.396 e. The molecule has 0 aliphatic rings. The van der Waals surface area contributed by atoms with Crippen LogP contribution in [0.25, 0.3) is 0 Å². The van der Waals surface area contributed by atoms with Crippen LogP contribution in [0.2, 0.25) is 0 Å². The Kier molecular flexibility index (Phi) is 4.65. The van der Waals surface area contributed by atoms with E-state index >= 15 is 0 Å².